The summed E-state index contributed by atoms with van der Waals surface area (Å²) in [6, 6.07) is 12.7. The number of benzene rings is 2. The Hall–Kier alpha value is -2.44. The lowest BCUT2D eigenvalue weighted by molar-refractivity contribution is 0.229. The van der Waals surface area contributed by atoms with Gasteiger partial charge in [-0.15, -0.1) is 0 Å². The number of rotatable bonds is 12. The van der Waals surface area contributed by atoms with Crippen LogP contribution in [0, 0.1) is 0 Å². The zero-order valence-corrected chi connectivity index (χ0v) is 19.9. The fourth-order valence-electron chi connectivity index (χ4n) is 4.20. The Labute approximate surface area is 193 Å². The average Bonchev–Trinajstić information content (AvgIpc) is 2.83. The van der Waals surface area contributed by atoms with Crippen molar-refractivity contribution < 1.29 is 14.2 Å². The van der Waals surface area contributed by atoms with Crippen LogP contribution in [-0.4, -0.2) is 52.0 Å². The summed E-state index contributed by atoms with van der Waals surface area (Å²) in [5, 5.41) is 0. The predicted molar refractivity (Wildman–Crippen MR) is 131 cm³/mol. The molecule has 0 radical (unpaired) electrons. The number of methoxy groups -OCH3 is 2. The quantitative estimate of drug-likeness (QED) is 0.491. The monoisotopic (exact) mass is 441 g/mol. The molecular formula is C26H39N3O3. The van der Waals surface area contributed by atoms with E-state index in [4.69, 9.17) is 19.9 Å². The first kappa shape index (κ1) is 24.2. The van der Waals surface area contributed by atoms with Crippen molar-refractivity contribution in [1.82, 2.24) is 4.90 Å². The van der Waals surface area contributed by atoms with Crippen molar-refractivity contribution in [2.24, 2.45) is 5.73 Å². The van der Waals surface area contributed by atoms with E-state index in [1.165, 1.54) is 29.7 Å². The first-order chi connectivity index (χ1) is 15.7. The van der Waals surface area contributed by atoms with Crippen LogP contribution in [0.1, 0.15) is 43.7 Å². The Morgan fingerprint density at radius 3 is 2.53 bits per heavy atom. The van der Waals surface area contributed by atoms with Crippen molar-refractivity contribution >= 4 is 5.69 Å². The lowest BCUT2D eigenvalue weighted by Gasteiger charge is -2.37. The summed E-state index contributed by atoms with van der Waals surface area (Å²) in [6.07, 6.45) is 5.42. The van der Waals surface area contributed by atoms with Gasteiger partial charge in [0, 0.05) is 37.0 Å². The maximum atomic E-state index is 6.05. The maximum Gasteiger partial charge on any atom is 0.163 e. The molecule has 32 heavy (non-hydrogen) atoms. The molecule has 0 unspecified atom stereocenters. The van der Waals surface area contributed by atoms with Crippen LogP contribution < -0.4 is 24.8 Å². The molecule has 1 heterocycles. The molecule has 0 aliphatic carbocycles. The summed E-state index contributed by atoms with van der Waals surface area (Å²) < 4.78 is 17.2. The minimum Gasteiger partial charge on any atom is -0.496 e. The molecule has 176 valence electrons. The van der Waals surface area contributed by atoms with Gasteiger partial charge < -0.3 is 24.8 Å². The zero-order valence-electron chi connectivity index (χ0n) is 19.9. The van der Waals surface area contributed by atoms with Crippen molar-refractivity contribution in [3.63, 3.8) is 0 Å². The van der Waals surface area contributed by atoms with Crippen LogP contribution in [0.3, 0.4) is 0 Å². The van der Waals surface area contributed by atoms with Crippen molar-refractivity contribution in [2.75, 3.05) is 52.0 Å². The maximum absolute atomic E-state index is 6.05. The molecule has 1 aliphatic rings. The molecule has 2 aromatic rings. The lowest BCUT2D eigenvalue weighted by atomic mass is 10.1. The van der Waals surface area contributed by atoms with Gasteiger partial charge in [0.05, 0.1) is 27.5 Å². The summed E-state index contributed by atoms with van der Waals surface area (Å²) in [6.45, 7) is 7.41. The van der Waals surface area contributed by atoms with Gasteiger partial charge in [-0.1, -0.05) is 31.9 Å². The number of unbranched alkanes of at least 4 members (excludes halogenated alkanes) is 2. The third kappa shape index (κ3) is 6.53. The molecular weight excluding hydrogens is 402 g/mol. The Balaban J connectivity index is 1.68. The number of hydrogen-bond donors (Lipinski definition) is 1. The molecule has 0 saturated carbocycles. The highest BCUT2D eigenvalue weighted by molar-refractivity contribution is 5.56. The summed E-state index contributed by atoms with van der Waals surface area (Å²) in [7, 11) is 3.44. The van der Waals surface area contributed by atoms with E-state index in [0.29, 0.717) is 6.54 Å². The number of nitrogens with two attached hydrogens (primary N) is 1. The van der Waals surface area contributed by atoms with E-state index in [1.54, 1.807) is 14.2 Å². The molecule has 6 nitrogen and oxygen atoms in total. The highest BCUT2D eigenvalue weighted by Crippen LogP contribution is 2.33. The van der Waals surface area contributed by atoms with Crippen molar-refractivity contribution in [1.29, 1.82) is 0 Å². The second-order valence-electron chi connectivity index (χ2n) is 8.39. The van der Waals surface area contributed by atoms with Gasteiger partial charge in [-0.05, 0) is 49.6 Å². The molecule has 3 rings (SSSR count). The van der Waals surface area contributed by atoms with Gasteiger partial charge in [-0.25, -0.2) is 0 Å². The average molecular weight is 442 g/mol. The fourth-order valence-corrected chi connectivity index (χ4v) is 4.20. The van der Waals surface area contributed by atoms with Gasteiger partial charge >= 0.3 is 0 Å². The van der Waals surface area contributed by atoms with Crippen LogP contribution >= 0.6 is 0 Å². The van der Waals surface area contributed by atoms with Crippen molar-refractivity contribution in [2.45, 2.75) is 45.6 Å². The van der Waals surface area contributed by atoms with Crippen molar-refractivity contribution in [3.05, 3.63) is 47.5 Å². The van der Waals surface area contributed by atoms with Gasteiger partial charge in [-0.3, -0.25) is 4.90 Å². The second kappa shape index (κ2) is 12.6. The Morgan fingerprint density at radius 1 is 0.938 bits per heavy atom. The molecule has 1 saturated heterocycles. The first-order valence-electron chi connectivity index (χ1n) is 11.8. The van der Waals surface area contributed by atoms with Gasteiger partial charge in [-0.2, -0.15) is 0 Å². The second-order valence-corrected chi connectivity index (χ2v) is 8.39. The Morgan fingerprint density at radius 2 is 1.78 bits per heavy atom. The van der Waals surface area contributed by atoms with E-state index >= 15 is 0 Å². The molecule has 0 spiro atoms. The molecule has 1 aliphatic heterocycles. The third-order valence-corrected chi connectivity index (χ3v) is 5.97. The van der Waals surface area contributed by atoms with Gasteiger partial charge in [0.2, 0.25) is 0 Å². The topological polar surface area (TPSA) is 60.2 Å². The number of ether oxygens (including phenoxy) is 3. The Bertz CT molecular complexity index is 843. The summed E-state index contributed by atoms with van der Waals surface area (Å²) in [5.74, 6) is 2.57. The zero-order chi connectivity index (χ0) is 22.8. The fraction of sp³-hybridized carbons (Fsp3) is 0.538. The smallest absolute Gasteiger partial charge is 0.163 e. The molecule has 2 N–H and O–H groups in total. The minimum absolute atomic E-state index is 0.649. The largest absolute Gasteiger partial charge is 0.496 e. The molecule has 2 aromatic carbocycles. The van der Waals surface area contributed by atoms with Crippen LogP contribution in [0.5, 0.6) is 17.2 Å². The molecule has 6 heteroatoms. The number of hydrogen-bond acceptors (Lipinski definition) is 6. The van der Waals surface area contributed by atoms with Crippen LogP contribution in [0.15, 0.2) is 36.4 Å². The summed E-state index contributed by atoms with van der Waals surface area (Å²) in [4.78, 5) is 4.88. The predicted octanol–water partition coefficient (Wildman–Crippen LogP) is 4.44. The summed E-state index contributed by atoms with van der Waals surface area (Å²) in [5.41, 5.74) is 9.31. The van der Waals surface area contributed by atoms with Crippen LogP contribution in [0.2, 0.25) is 0 Å². The summed E-state index contributed by atoms with van der Waals surface area (Å²) >= 11 is 0. The van der Waals surface area contributed by atoms with E-state index in [0.717, 1.165) is 69.4 Å². The van der Waals surface area contributed by atoms with Gasteiger partial charge in [0.25, 0.3) is 0 Å². The van der Waals surface area contributed by atoms with Crippen LogP contribution in [0.4, 0.5) is 5.69 Å². The van der Waals surface area contributed by atoms with E-state index < -0.39 is 0 Å². The normalized spacial score (nSPS) is 14.4. The SMILES string of the molecule is CCCCCOc1cc(N2CCCN(Cc3ccc(CCN)cc3OC)C2)ccc1OC. The van der Waals surface area contributed by atoms with E-state index in [2.05, 4.69) is 47.1 Å². The highest BCUT2D eigenvalue weighted by atomic mass is 16.5. The number of anilines is 1. The van der Waals surface area contributed by atoms with E-state index in [-0.39, 0.29) is 0 Å². The molecule has 0 amide bonds. The standard InChI is InChI=1S/C26H39N3O3/c1-4-5-6-16-32-26-18-23(10-11-24(26)30-2)29-15-7-14-28(20-29)19-22-9-8-21(12-13-27)17-25(22)31-3/h8-11,17-18H,4-7,12-16,19-20,27H2,1-3H3. The van der Waals surface area contributed by atoms with Gasteiger partial charge in [0.1, 0.15) is 5.75 Å². The highest BCUT2D eigenvalue weighted by Gasteiger charge is 2.20. The van der Waals surface area contributed by atoms with Crippen LogP contribution in [-0.2, 0) is 13.0 Å². The Kier molecular flexibility index (Phi) is 9.50. The molecule has 1 fully saturated rings. The van der Waals surface area contributed by atoms with Crippen LogP contribution in [0.25, 0.3) is 0 Å². The van der Waals surface area contributed by atoms with Gasteiger partial charge in [0.15, 0.2) is 11.5 Å². The molecule has 0 atom stereocenters. The number of nitrogens with zero attached hydrogens (tertiary/aromatic N) is 2. The molecule has 0 aromatic heterocycles. The third-order valence-electron chi connectivity index (χ3n) is 5.97. The lowest BCUT2D eigenvalue weighted by Crippen LogP contribution is -2.44. The minimum atomic E-state index is 0.649. The van der Waals surface area contributed by atoms with Crippen molar-refractivity contribution in [3.8, 4) is 17.2 Å². The van der Waals surface area contributed by atoms with E-state index in [1.807, 2.05) is 6.07 Å². The first-order valence-corrected chi connectivity index (χ1v) is 11.8. The molecule has 0 bridgehead atoms. The van der Waals surface area contributed by atoms with E-state index in [9.17, 15) is 0 Å².